The number of hydrogen-bond donors (Lipinski definition) is 1. The molecule has 1 N–H and O–H groups in total. The first-order valence-electron chi connectivity index (χ1n) is 3.82. The Labute approximate surface area is 78.3 Å². The van der Waals surface area contributed by atoms with Crippen molar-refractivity contribution >= 4 is 15.9 Å². The minimum atomic E-state index is -0.0136. The Morgan fingerprint density at radius 2 is 2.58 bits per heavy atom. The summed E-state index contributed by atoms with van der Waals surface area (Å²) in [6.07, 6.45) is 3.41. The third-order valence-electron chi connectivity index (χ3n) is 1.90. The van der Waals surface area contributed by atoms with Gasteiger partial charge < -0.3 is 9.84 Å². The topological polar surface area (TPSA) is 47.3 Å². The Kier molecular flexibility index (Phi) is 2.06. The average Bonchev–Trinajstić information content (AvgIpc) is 2.64. The molecule has 2 rings (SSSR count). The van der Waals surface area contributed by atoms with Gasteiger partial charge >= 0.3 is 0 Å². The molecule has 5 heteroatoms. The fourth-order valence-electron chi connectivity index (χ4n) is 1.29. The zero-order valence-electron chi connectivity index (χ0n) is 6.40. The molecule has 1 aliphatic rings. The lowest BCUT2D eigenvalue weighted by Gasteiger charge is -2.10. The molecule has 1 fully saturated rings. The molecule has 1 atom stereocenters. The fraction of sp³-hybridized carbons (Fsp3) is 0.571. The second kappa shape index (κ2) is 3.06. The van der Waals surface area contributed by atoms with Crippen molar-refractivity contribution in [2.24, 2.45) is 0 Å². The van der Waals surface area contributed by atoms with Crippen LogP contribution in [0.25, 0.3) is 0 Å². The highest BCUT2D eigenvalue weighted by Gasteiger charge is 2.21. The van der Waals surface area contributed by atoms with Crippen LogP contribution in [-0.4, -0.2) is 21.5 Å². The van der Waals surface area contributed by atoms with Crippen LogP contribution in [0.3, 0.4) is 0 Å². The van der Waals surface area contributed by atoms with Crippen molar-refractivity contribution in [2.75, 3.05) is 6.61 Å². The second-order valence-corrected chi connectivity index (χ2v) is 3.48. The van der Waals surface area contributed by atoms with Gasteiger partial charge in [0, 0.05) is 6.61 Å². The Bertz CT molecular complexity index is 281. The summed E-state index contributed by atoms with van der Waals surface area (Å²) in [6, 6.07) is 0. The molecule has 0 saturated carbocycles. The number of aromatic hydroxyl groups is 1. The molecule has 0 aromatic carbocycles. The van der Waals surface area contributed by atoms with Gasteiger partial charge in [-0.2, -0.15) is 5.10 Å². The average molecular weight is 233 g/mol. The highest BCUT2D eigenvalue weighted by molar-refractivity contribution is 9.10. The quantitative estimate of drug-likeness (QED) is 0.802. The van der Waals surface area contributed by atoms with Gasteiger partial charge in [0.2, 0.25) is 0 Å². The van der Waals surface area contributed by atoms with Crippen LogP contribution in [0.5, 0.6) is 5.75 Å². The largest absolute Gasteiger partial charge is 0.504 e. The molecule has 0 aliphatic carbocycles. The van der Waals surface area contributed by atoms with Gasteiger partial charge in [-0.25, -0.2) is 4.68 Å². The van der Waals surface area contributed by atoms with Gasteiger partial charge in [0.25, 0.3) is 0 Å². The van der Waals surface area contributed by atoms with E-state index in [1.54, 1.807) is 4.68 Å². The number of nitrogens with zero attached hydrogens (tertiary/aromatic N) is 2. The molecule has 1 unspecified atom stereocenters. The fourth-order valence-corrected chi connectivity index (χ4v) is 1.71. The van der Waals surface area contributed by atoms with Crippen molar-refractivity contribution in [3.8, 4) is 5.75 Å². The molecule has 0 amide bonds. The SMILES string of the molecule is Oc1cnn(C2CCCO2)c1Br. The lowest BCUT2D eigenvalue weighted by atomic mass is 10.3. The molecule has 1 aromatic rings. The number of hydrogen-bond acceptors (Lipinski definition) is 3. The number of halogens is 1. The molecular weight excluding hydrogens is 224 g/mol. The van der Waals surface area contributed by atoms with Crippen LogP contribution < -0.4 is 0 Å². The maximum Gasteiger partial charge on any atom is 0.168 e. The van der Waals surface area contributed by atoms with E-state index in [2.05, 4.69) is 21.0 Å². The van der Waals surface area contributed by atoms with E-state index in [-0.39, 0.29) is 12.0 Å². The third-order valence-corrected chi connectivity index (χ3v) is 2.66. The first kappa shape index (κ1) is 8.07. The highest BCUT2D eigenvalue weighted by atomic mass is 79.9. The Hall–Kier alpha value is -0.550. The molecule has 2 heterocycles. The van der Waals surface area contributed by atoms with Crippen LogP contribution in [0.2, 0.25) is 0 Å². The summed E-state index contributed by atoms with van der Waals surface area (Å²) in [5.74, 6) is 0.158. The molecule has 0 spiro atoms. The van der Waals surface area contributed by atoms with Crippen molar-refractivity contribution in [1.29, 1.82) is 0 Å². The first-order valence-corrected chi connectivity index (χ1v) is 4.62. The van der Waals surface area contributed by atoms with E-state index in [1.165, 1.54) is 6.20 Å². The standard InChI is InChI=1S/C7H9BrN2O2/c8-7-5(11)4-9-10(7)6-2-1-3-12-6/h4,6,11H,1-3H2. The molecule has 1 aromatic heterocycles. The zero-order valence-corrected chi connectivity index (χ0v) is 7.99. The minimum Gasteiger partial charge on any atom is -0.504 e. The van der Waals surface area contributed by atoms with E-state index in [1.807, 2.05) is 0 Å². The van der Waals surface area contributed by atoms with Crippen molar-refractivity contribution in [2.45, 2.75) is 19.1 Å². The Balaban J connectivity index is 2.26. The van der Waals surface area contributed by atoms with Gasteiger partial charge in [-0.15, -0.1) is 0 Å². The zero-order chi connectivity index (χ0) is 8.55. The summed E-state index contributed by atoms with van der Waals surface area (Å²) in [5, 5.41) is 13.2. The van der Waals surface area contributed by atoms with E-state index in [4.69, 9.17) is 4.74 Å². The van der Waals surface area contributed by atoms with Crippen LogP contribution in [0.4, 0.5) is 0 Å². The lowest BCUT2D eigenvalue weighted by Crippen LogP contribution is -2.08. The molecule has 0 radical (unpaired) electrons. The molecule has 1 saturated heterocycles. The Morgan fingerprint density at radius 1 is 1.75 bits per heavy atom. The highest BCUT2D eigenvalue weighted by Crippen LogP contribution is 2.30. The van der Waals surface area contributed by atoms with Gasteiger partial charge in [0.15, 0.2) is 12.0 Å². The number of rotatable bonds is 1. The first-order chi connectivity index (χ1) is 5.79. The van der Waals surface area contributed by atoms with E-state index >= 15 is 0 Å². The van der Waals surface area contributed by atoms with Crippen LogP contribution in [0.1, 0.15) is 19.1 Å². The van der Waals surface area contributed by atoms with Crippen molar-refractivity contribution < 1.29 is 9.84 Å². The van der Waals surface area contributed by atoms with Gasteiger partial charge in [0.1, 0.15) is 4.60 Å². The van der Waals surface area contributed by atoms with Crippen LogP contribution in [-0.2, 0) is 4.74 Å². The van der Waals surface area contributed by atoms with Crippen LogP contribution in [0.15, 0.2) is 10.8 Å². The molecule has 0 bridgehead atoms. The predicted octanol–water partition coefficient (Wildman–Crippen LogP) is 1.66. The predicted molar refractivity (Wildman–Crippen MR) is 45.8 cm³/mol. The smallest absolute Gasteiger partial charge is 0.168 e. The monoisotopic (exact) mass is 232 g/mol. The maximum atomic E-state index is 9.21. The lowest BCUT2D eigenvalue weighted by molar-refractivity contribution is 0.0447. The van der Waals surface area contributed by atoms with Crippen molar-refractivity contribution in [3.05, 3.63) is 10.8 Å². The third kappa shape index (κ3) is 1.23. The minimum absolute atomic E-state index is 0.0136. The van der Waals surface area contributed by atoms with Crippen LogP contribution >= 0.6 is 15.9 Å². The maximum absolute atomic E-state index is 9.21. The summed E-state index contributed by atoms with van der Waals surface area (Å²) >= 11 is 3.23. The molecule has 12 heavy (non-hydrogen) atoms. The summed E-state index contributed by atoms with van der Waals surface area (Å²) in [7, 11) is 0. The van der Waals surface area contributed by atoms with Gasteiger partial charge in [-0.3, -0.25) is 0 Å². The van der Waals surface area contributed by atoms with E-state index in [9.17, 15) is 5.11 Å². The molecule has 1 aliphatic heterocycles. The number of aromatic nitrogens is 2. The summed E-state index contributed by atoms with van der Waals surface area (Å²) in [5.41, 5.74) is 0. The number of ether oxygens (including phenoxy) is 1. The van der Waals surface area contributed by atoms with E-state index in [0.717, 1.165) is 19.4 Å². The summed E-state index contributed by atoms with van der Waals surface area (Å²) < 4.78 is 7.64. The molecule has 66 valence electrons. The summed E-state index contributed by atoms with van der Waals surface area (Å²) in [6.45, 7) is 0.776. The molecule has 4 nitrogen and oxygen atoms in total. The second-order valence-electron chi connectivity index (χ2n) is 2.73. The summed E-state index contributed by atoms with van der Waals surface area (Å²) in [4.78, 5) is 0. The normalized spacial score (nSPS) is 23.2. The van der Waals surface area contributed by atoms with Crippen LogP contribution in [0, 0.1) is 0 Å². The van der Waals surface area contributed by atoms with E-state index < -0.39 is 0 Å². The van der Waals surface area contributed by atoms with E-state index in [0.29, 0.717) is 4.60 Å². The van der Waals surface area contributed by atoms with Gasteiger partial charge in [0.05, 0.1) is 6.20 Å². The van der Waals surface area contributed by atoms with Gasteiger partial charge in [-0.1, -0.05) is 0 Å². The Morgan fingerprint density at radius 3 is 3.08 bits per heavy atom. The van der Waals surface area contributed by atoms with Gasteiger partial charge in [-0.05, 0) is 28.8 Å². The van der Waals surface area contributed by atoms with Crippen molar-refractivity contribution in [3.63, 3.8) is 0 Å². The van der Waals surface area contributed by atoms with Crippen molar-refractivity contribution in [1.82, 2.24) is 9.78 Å². The molecular formula is C7H9BrN2O2.